The predicted molar refractivity (Wildman–Crippen MR) is 48.0 cm³/mol. The van der Waals surface area contributed by atoms with E-state index in [-0.39, 0.29) is 0 Å². The molecule has 0 spiro atoms. The molecule has 0 saturated heterocycles. The molecule has 0 atom stereocenters. The Kier molecular flexibility index (Phi) is 1.75. The Bertz CT molecular complexity index is 353. The molecule has 0 aromatic carbocycles. The largest absolute Gasteiger partial charge is 0.441 e. The van der Waals surface area contributed by atoms with Crippen molar-refractivity contribution in [3.63, 3.8) is 0 Å². The first kappa shape index (κ1) is 7.59. The summed E-state index contributed by atoms with van der Waals surface area (Å²) < 4.78 is 5.57. The summed E-state index contributed by atoms with van der Waals surface area (Å²) in [6, 6.07) is 0. The van der Waals surface area contributed by atoms with Crippen LogP contribution in [0.15, 0.2) is 4.42 Å². The first-order chi connectivity index (χ1) is 5.77. The van der Waals surface area contributed by atoms with E-state index in [1.807, 2.05) is 0 Å². The van der Waals surface area contributed by atoms with Crippen LogP contribution in [0.2, 0.25) is 0 Å². The van der Waals surface area contributed by atoms with Gasteiger partial charge in [0.25, 0.3) is 0 Å². The van der Waals surface area contributed by atoms with Gasteiger partial charge in [0.2, 0.25) is 0 Å². The van der Waals surface area contributed by atoms with Gasteiger partial charge in [-0.15, -0.1) is 0 Å². The molecular weight excluding hydrogens is 150 g/mol. The van der Waals surface area contributed by atoms with Crippen molar-refractivity contribution in [2.24, 2.45) is 0 Å². The molecule has 64 valence electrons. The number of aromatic nitrogens is 1. The Hall–Kier alpha value is -1.05. The number of hydrogen-bond donors (Lipinski definition) is 0. The first-order valence-electron chi connectivity index (χ1n) is 4.44. The summed E-state index contributed by atoms with van der Waals surface area (Å²) in [5, 5.41) is 1.03. The van der Waals surface area contributed by atoms with Crippen molar-refractivity contribution in [1.82, 2.24) is 4.98 Å². The third-order valence-electron chi connectivity index (χ3n) is 2.03. The van der Waals surface area contributed by atoms with Crippen LogP contribution in [-0.4, -0.2) is 4.98 Å². The third kappa shape index (κ3) is 1.17. The summed E-state index contributed by atoms with van der Waals surface area (Å²) in [6.07, 6.45) is 6.44. The molecule has 1 aliphatic rings. The van der Waals surface area contributed by atoms with Crippen LogP contribution in [-0.2, 0) is 0 Å². The second-order valence-corrected chi connectivity index (χ2v) is 3.44. The van der Waals surface area contributed by atoms with E-state index in [4.69, 9.17) is 4.42 Å². The van der Waals surface area contributed by atoms with Gasteiger partial charge < -0.3 is 4.42 Å². The highest BCUT2D eigenvalue weighted by Crippen LogP contribution is 2.07. The molecule has 12 heavy (non-hydrogen) atoms. The molecule has 1 heterocycles. The van der Waals surface area contributed by atoms with E-state index in [0.29, 0.717) is 5.92 Å². The third-order valence-corrected chi connectivity index (χ3v) is 2.03. The molecule has 0 amide bonds. The van der Waals surface area contributed by atoms with Gasteiger partial charge >= 0.3 is 0 Å². The maximum atomic E-state index is 5.57. The van der Waals surface area contributed by atoms with E-state index in [9.17, 15) is 0 Å². The molecule has 2 heteroatoms. The van der Waals surface area contributed by atoms with E-state index in [1.165, 1.54) is 0 Å². The van der Waals surface area contributed by atoms with Crippen molar-refractivity contribution in [2.45, 2.75) is 32.6 Å². The zero-order valence-corrected chi connectivity index (χ0v) is 7.50. The highest BCUT2D eigenvalue weighted by molar-refractivity contribution is 5.32. The van der Waals surface area contributed by atoms with Gasteiger partial charge in [-0.2, -0.15) is 0 Å². The highest BCUT2D eigenvalue weighted by atomic mass is 16.3. The van der Waals surface area contributed by atoms with Gasteiger partial charge in [-0.3, -0.25) is 0 Å². The maximum Gasteiger partial charge on any atom is 0.198 e. The minimum atomic E-state index is 0.386. The van der Waals surface area contributed by atoms with Gasteiger partial charge in [-0.1, -0.05) is 19.9 Å². The molecule has 1 aliphatic carbocycles. The maximum absolute atomic E-state index is 5.57. The highest BCUT2D eigenvalue weighted by Gasteiger charge is 2.07. The van der Waals surface area contributed by atoms with Gasteiger partial charge in [0, 0.05) is 5.92 Å². The molecule has 2 rings (SSSR count). The summed E-state index contributed by atoms with van der Waals surface area (Å²) in [7, 11) is 0. The lowest BCUT2D eigenvalue weighted by molar-refractivity contribution is 0.447. The second-order valence-electron chi connectivity index (χ2n) is 3.44. The topological polar surface area (TPSA) is 26.0 Å². The van der Waals surface area contributed by atoms with Crippen LogP contribution in [0, 0.1) is 0 Å². The van der Waals surface area contributed by atoms with Crippen molar-refractivity contribution >= 4 is 12.2 Å². The SMILES string of the molecule is CC(C)c1nc2c(o1)=CCCC=2. The first-order valence-corrected chi connectivity index (χ1v) is 4.44. The molecule has 1 aromatic heterocycles. The number of rotatable bonds is 1. The Labute approximate surface area is 71.6 Å². The Balaban J connectivity index is 2.60. The summed E-state index contributed by atoms with van der Waals surface area (Å²) in [5.74, 6) is 1.24. The fourth-order valence-corrected chi connectivity index (χ4v) is 1.34. The molecule has 0 saturated carbocycles. The zero-order valence-electron chi connectivity index (χ0n) is 7.50. The van der Waals surface area contributed by atoms with E-state index >= 15 is 0 Å². The van der Waals surface area contributed by atoms with Gasteiger partial charge in [0.1, 0.15) is 5.35 Å². The number of oxazole rings is 1. The van der Waals surface area contributed by atoms with Crippen LogP contribution in [0.4, 0.5) is 0 Å². The molecule has 0 aliphatic heterocycles. The fraction of sp³-hybridized carbons (Fsp3) is 0.500. The lowest BCUT2D eigenvalue weighted by Crippen LogP contribution is -2.23. The standard InChI is InChI=1S/C10H13NO/c1-7(2)10-11-8-5-3-4-6-9(8)12-10/h5-7H,3-4H2,1-2H3. The summed E-state index contributed by atoms with van der Waals surface area (Å²) in [6.45, 7) is 4.19. The van der Waals surface area contributed by atoms with E-state index in [0.717, 1.165) is 29.5 Å². The summed E-state index contributed by atoms with van der Waals surface area (Å²) >= 11 is 0. The minimum Gasteiger partial charge on any atom is -0.441 e. The molecule has 0 N–H and O–H groups in total. The van der Waals surface area contributed by atoms with Crippen molar-refractivity contribution in [1.29, 1.82) is 0 Å². The molecule has 0 bridgehead atoms. The van der Waals surface area contributed by atoms with Gasteiger partial charge in [0.05, 0.1) is 0 Å². The van der Waals surface area contributed by atoms with Gasteiger partial charge in [-0.25, -0.2) is 4.98 Å². The van der Waals surface area contributed by atoms with Crippen LogP contribution in [0.5, 0.6) is 0 Å². The van der Waals surface area contributed by atoms with Crippen molar-refractivity contribution < 1.29 is 4.42 Å². The summed E-state index contributed by atoms with van der Waals surface area (Å²) in [4.78, 5) is 4.40. The van der Waals surface area contributed by atoms with Gasteiger partial charge in [-0.05, 0) is 18.9 Å². The van der Waals surface area contributed by atoms with Crippen LogP contribution in [0.25, 0.3) is 12.2 Å². The predicted octanol–water partition coefficient (Wildman–Crippen LogP) is 1.15. The van der Waals surface area contributed by atoms with Crippen LogP contribution in [0.3, 0.4) is 0 Å². The van der Waals surface area contributed by atoms with Crippen molar-refractivity contribution in [3.05, 3.63) is 16.7 Å². The van der Waals surface area contributed by atoms with Crippen molar-refractivity contribution in [3.8, 4) is 0 Å². The average Bonchev–Trinajstić information content (AvgIpc) is 2.46. The Morgan fingerprint density at radius 1 is 1.33 bits per heavy atom. The molecular formula is C10H13NO. The quantitative estimate of drug-likeness (QED) is 0.620. The lowest BCUT2D eigenvalue weighted by Gasteiger charge is -1.93. The summed E-state index contributed by atoms with van der Waals surface area (Å²) in [5.41, 5.74) is 0.963. The Morgan fingerprint density at radius 3 is 2.75 bits per heavy atom. The van der Waals surface area contributed by atoms with Crippen LogP contribution >= 0.6 is 0 Å². The minimum absolute atomic E-state index is 0.386. The lowest BCUT2D eigenvalue weighted by atomic mass is 10.2. The average molecular weight is 163 g/mol. The van der Waals surface area contributed by atoms with E-state index < -0.39 is 0 Å². The van der Waals surface area contributed by atoms with E-state index in [1.54, 1.807) is 0 Å². The normalized spacial score (nSPS) is 15.2. The van der Waals surface area contributed by atoms with Gasteiger partial charge in [0.15, 0.2) is 11.3 Å². The molecule has 2 nitrogen and oxygen atoms in total. The smallest absolute Gasteiger partial charge is 0.198 e. The number of hydrogen-bond acceptors (Lipinski definition) is 2. The molecule has 0 fully saturated rings. The Morgan fingerprint density at radius 2 is 2.08 bits per heavy atom. The molecule has 0 radical (unpaired) electrons. The number of fused-ring (bicyclic) bond motifs is 1. The van der Waals surface area contributed by atoms with Crippen LogP contribution in [0.1, 0.15) is 38.5 Å². The zero-order chi connectivity index (χ0) is 8.55. The molecule has 1 aromatic rings. The fourth-order valence-electron chi connectivity index (χ4n) is 1.34. The molecule has 0 unspecified atom stereocenters. The monoisotopic (exact) mass is 163 g/mol. The number of nitrogens with zero attached hydrogens (tertiary/aromatic N) is 1. The van der Waals surface area contributed by atoms with Crippen LogP contribution < -0.4 is 10.8 Å². The second kappa shape index (κ2) is 2.77. The van der Waals surface area contributed by atoms with Crippen molar-refractivity contribution in [2.75, 3.05) is 0 Å². The van der Waals surface area contributed by atoms with E-state index in [2.05, 4.69) is 31.0 Å².